The van der Waals surface area contributed by atoms with Crippen LogP contribution in [0.25, 0.3) is 0 Å². The molecule has 1 heterocycles. The molecule has 112 valence electrons. The number of nitrogens with two attached hydrogens (primary N) is 1. The summed E-state index contributed by atoms with van der Waals surface area (Å²) in [6.45, 7) is 7.55. The van der Waals surface area contributed by atoms with Gasteiger partial charge in [-0.1, -0.05) is 19.8 Å². The molecule has 1 saturated heterocycles. The summed E-state index contributed by atoms with van der Waals surface area (Å²) in [4.78, 5) is 2.63. The SMILES string of the molecule is CC1CC(CN)(N(C)C2CCCCC2C)CC(C)O1. The van der Waals surface area contributed by atoms with Crippen molar-refractivity contribution in [2.45, 2.75) is 83.1 Å². The lowest BCUT2D eigenvalue weighted by Gasteiger charge is -2.52. The highest BCUT2D eigenvalue weighted by molar-refractivity contribution is 5.00. The monoisotopic (exact) mass is 268 g/mol. The van der Waals surface area contributed by atoms with Crippen molar-refractivity contribution in [3.63, 3.8) is 0 Å². The van der Waals surface area contributed by atoms with Crippen LogP contribution < -0.4 is 5.73 Å². The van der Waals surface area contributed by atoms with E-state index in [0.717, 1.165) is 25.3 Å². The van der Waals surface area contributed by atoms with Crippen LogP contribution in [0, 0.1) is 5.92 Å². The maximum atomic E-state index is 6.22. The van der Waals surface area contributed by atoms with E-state index in [1.54, 1.807) is 0 Å². The molecular weight excluding hydrogens is 236 g/mol. The third-order valence-corrected chi connectivity index (χ3v) is 5.49. The second kappa shape index (κ2) is 6.11. The lowest BCUT2D eigenvalue weighted by atomic mass is 9.77. The molecule has 2 fully saturated rings. The van der Waals surface area contributed by atoms with Gasteiger partial charge in [0.15, 0.2) is 0 Å². The fourth-order valence-electron chi connectivity index (χ4n) is 4.47. The quantitative estimate of drug-likeness (QED) is 0.855. The molecular formula is C16H32N2O. The Kier molecular flexibility index (Phi) is 4.91. The topological polar surface area (TPSA) is 38.5 Å². The average molecular weight is 268 g/mol. The van der Waals surface area contributed by atoms with Crippen molar-refractivity contribution in [2.75, 3.05) is 13.6 Å². The van der Waals surface area contributed by atoms with Crippen molar-refractivity contribution >= 4 is 0 Å². The number of hydrogen-bond donors (Lipinski definition) is 1. The Morgan fingerprint density at radius 3 is 2.21 bits per heavy atom. The van der Waals surface area contributed by atoms with E-state index in [2.05, 4.69) is 32.7 Å². The molecule has 3 heteroatoms. The number of ether oxygens (including phenoxy) is 1. The van der Waals surface area contributed by atoms with Crippen molar-refractivity contribution in [3.05, 3.63) is 0 Å². The summed E-state index contributed by atoms with van der Waals surface area (Å²) in [7, 11) is 2.31. The molecule has 1 aliphatic heterocycles. The summed E-state index contributed by atoms with van der Waals surface area (Å²) in [6, 6.07) is 0.704. The third-order valence-electron chi connectivity index (χ3n) is 5.49. The van der Waals surface area contributed by atoms with Crippen LogP contribution >= 0.6 is 0 Å². The van der Waals surface area contributed by atoms with Gasteiger partial charge >= 0.3 is 0 Å². The Morgan fingerprint density at radius 2 is 1.68 bits per heavy atom. The Bertz CT molecular complexity index is 284. The van der Waals surface area contributed by atoms with E-state index >= 15 is 0 Å². The van der Waals surface area contributed by atoms with Crippen LogP contribution in [0.5, 0.6) is 0 Å². The standard InChI is InChI=1S/C16H32N2O/c1-12-7-5-6-8-15(12)18(4)16(11-17)9-13(2)19-14(3)10-16/h12-15H,5-11,17H2,1-4H3. The van der Waals surface area contributed by atoms with E-state index in [0.29, 0.717) is 18.2 Å². The highest BCUT2D eigenvalue weighted by Crippen LogP contribution is 2.38. The van der Waals surface area contributed by atoms with Crippen LogP contribution in [0.3, 0.4) is 0 Å². The molecule has 4 unspecified atom stereocenters. The van der Waals surface area contributed by atoms with Gasteiger partial charge in [-0.25, -0.2) is 0 Å². The van der Waals surface area contributed by atoms with Crippen LogP contribution in [-0.4, -0.2) is 42.3 Å². The van der Waals surface area contributed by atoms with Gasteiger partial charge < -0.3 is 10.5 Å². The van der Waals surface area contributed by atoms with Gasteiger partial charge in [-0.2, -0.15) is 0 Å². The molecule has 1 aliphatic carbocycles. The van der Waals surface area contributed by atoms with Gasteiger partial charge in [0, 0.05) is 18.1 Å². The van der Waals surface area contributed by atoms with E-state index < -0.39 is 0 Å². The Labute approximate surface area is 118 Å². The molecule has 19 heavy (non-hydrogen) atoms. The van der Waals surface area contributed by atoms with Gasteiger partial charge in [0.25, 0.3) is 0 Å². The molecule has 0 bridgehead atoms. The first kappa shape index (κ1) is 15.3. The van der Waals surface area contributed by atoms with Crippen LogP contribution in [-0.2, 0) is 4.74 Å². The molecule has 0 radical (unpaired) electrons. The summed E-state index contributed by atoms with van der Waals surface area (Å²) in [5, 5.41) is 0. The summed E-state index contributed by atoms with van der Waals surface area (Å²) in [6.07, 6.45) is 8.29. The second-order valence-corrected chi connectivity index (χ2v) is 7.03. The van der Waals surface area contributed by atoms with Crippen molar-refractivity contribution in [2.24, 2.45) is 11.7 Å². The van der Waals surface area contributed by atoms with E-state index in [1.807, 2.05) is 0 Å². The van der Waals surface area contributed by atoms with E-state index in [4.69, 9.17) is 10.5 Å². The maximum Gasteiger partial charge on any atom is 0.0568 e. The van der Waals surface area contributed by atoms with Gasteiger partial charge in [0.05, 0.1) is 12.2 Å². The van der Waals surface area contributed by atoms with Crippen LogP contribution in [0.4, 0.5) is 0 Å². The van der Waals surface area contributed by atoms with Crippen LogP contribution in [0.1, 0.15) is 59.3 Å². The molecule has 2 rings (SSSR count). The first-order valence-corrected chi connectivity index (χ1v) is 8.07. The van der Waals surface area contributed by atoms with Gasteiger partial charge in [-0.15, -0.1) is 0 Å². The Hall–Kier alpha value is -0.120. The molecule has 0 aromatic carbocycles. The zero-order valence-corrected chi connectivity index (χ0v) is 13.2. The average Bonchev–Trinajstić information content (AvgIpc) is 2.37. The fraction of sp³-hybridized carbons (Fsp3) is 1.00. The van der Waals surface area contributed by atoms with Crippen molar-refractivity contribution in [3.8, 4) is 0 Å². The van der Waals surface area contributed by atoms with Gasteiger partial charge in [-0.05, 0) is 52.5 Å². The van der Waals surface area contributed by atoms with Crippen molar-refractivity contribution < 1.29 is 4.74 Å². The molecule has 0 aromatic rings. The number of likely N-dealkylation sites (N-methyl/N-ethyl adjacent to an activating group) is 1. The van der Waals surface area contributed by atoms with E-state index in [-0.39, 0.29) is 5.54 Å². The first-order valence-electron chi connectivity index (χ1n) is 8.07. The highest BCUT2D eigenvalue weighted by atomic mass is 16.5. The summed E-state index contributed by atoms with van der Waals surface area (Å²) in [5.74, 6) is 0.802. The lowest BCUT2D eigenvalue weighted by Crippen LogP contribution is -2.62. The third kappa shape index (κ3) is 3.14. The zero-order valence-electron chi connectivity index (χ0n) is 13.2. The van der Waals surface area contributed by atoms with Crippen LogP contribution in [0.2, 0.25) is 0 Å². The second-order valence-electron chi connectivity index (χ2n) is 7.03. The smallest absolute Gasteiger partial charge is 0.0568 e. The largest absolute Gasteiger partial charge is 0.375 e. The highest BCUT2D eigenvalue weighted by Gasteiger charge is 2.44. The van der Waals surface area contributed by atoms with Crippen molar-refractivity contribution in [1.29, 1.82) is 0 Å². The summed E-state index contributed by atoms with van der Waals surface area (Å²) < 4.78 is 5.93. The minimum absolute atomic E-state index is 0.146. The Balaban J connectivity index is 2.14. The molecule has 2 aliphatic rings. The van der Waals surface area contributed by atoms with E-state index in [9.17, 15) is 0 Å². The molecule has 0 spiro atoms. The minimum Gasteiger partial charge on any atom is -0.375 e. The van der Waals surface area contributed by atoms with E-state index in [1.165, 1.54) is 25.7 Å². The normalized spacial score (nSPS) is 44.5. The summed E-state index contributed by atoms with van der Waals surface area (Å²) >= 11 is 0. The number of hydrogen-bond acceptors (Lipinski definition) is 3. The predicted octanol–water partition coefficient (Wildman–Crippen LogP) is 2.78. The van der Waals surface area contributed by atoms with Gasteiger partial charge in [0.1, 0.15) is 0 Å². The molecule has 0 amide bonds. The fourth-order valence-corrected chi connectivity index (χ4v) is 4.47. The van der Waals surface area contributed by atoms with Gasteiger partial charge in [0.2, 0.25) is 0 Å². The first-order chi connectivity index (χ1) is 8.98. The molecule has 0 aromatic heterocycles. The zero-order chi connectivity index (χ0) is 14.0. The molecule has 2 N–H and O–H groups in total. The van der Waals surface area contributed by atoms with Crippen LogP contribution in [0.15, 0.2) is 0 Å². The number of rotatable bonds is 3. The minimum atomic E-state index is 0.146. The number of nitrogens with zero attached hydrogens (tertiary/aromatic N) is 1. The summed E-state index contributed by atoms with van der Waals surface area (Å²) in [5.41, 5.74) is 6.36. The van der Waals surface area contributed by atoms with Crippen molar-refractivity contribution in [1.82, 2.24) is 4.90 Å². The lowest BCUT2D eigenvalue weighted by molar-refractivity contribution is -0.113. The Morgan fingerprint density at radius 1 is 1.11 bits per heavy atom. The maximum absolute atomic E-state index is 6.22. The predicted molar refractivity (Wildman–Crippen MR) is 80.2 cm³/mol. The molecule has 3 nitrogen and oxygen atoms in total. The molecule has 1 saturated carbocycles. The van der Waals surface area contributed by atoms with Gasteiger partial charge in [-0.3, -0.25) is 4.90 Å². The molecule has 4 atom stereocenters.